The Morgan fingerprint density at radius 3 is 2.50 bits per heavy atom. The fourth-order valence-corrected chi connectivity index (χ4v) is 26.3. The molecular weight excluding hydrogens is 316 g/mol. The van der Waals surface area contributed by atoms with Crippen molar-refractivity contribution in [1.29, 1.82) is 0 Å². The second-order valence-electron chi connectivity index (χ2n) is 1.58. The summed E-state index contributed by atoms with van der Waals surface area (Å²) in [7, 11) is 17.1. The van der Waals surface area contributed by atoms with E-state index in [0.29, 0.717) is 9.05 Å². The SMILES string of the molecule is CCCS(#P)=PP=PP=PP=P. The van der Waals surface area contributed by atoms with E-state index in [4.69, 9.17) is 0 Å². The van der Waals surface area contributed by atoms with Crippen LogP contribution in [0.1, 0.15) is 13.3 Å². The van der Waals surface area contributed by atoms with Crippen molar-refractivity contribution in [3.05, 3.63) is 0 Å². The van der Waals surface area contributed by atoms with Gasteiger partial charge in [-0.25, -0.2) is 0 Å². The van der Waals surface area contributed by atoms with Gasteiger partial charge in [-0.05, 0) is 0 Å². The Hall–Kier alpha value is 2.75. The number of hydrogen-bond donors (Lipinski definition) is 0. The van der Waals surface area contributed by atoms with Crippen LogP contribution in [-0.2, 0) is 9.05 Å². The molecule has 0 aromatic carbocycles. The summed E-state index contributed by atoms with van der Waals surface area (Å²) in [4.78, 5) is 0. The standard InChI is InChI=1S/C3H8P8S/c1-2-3-12(5)11-10-9-8-7-6-4/h4H,2-3H2,1H3. The van der Waals surface area contributed by atoms with Crippen molar-refractivity contribution in [1.82, 2.24) is 0 Å². The van der Waals surface area contributed by atoms with E-state index in [-0.39, 0.29) is 0 Å². The molecule has 12 heavy (non-hydrogen) atoms. The third-order valence-electron chi connectivity index (χ3n) is 0.682. The van der Waals surface area contributed by atoms with Crippen molar-refractivity contribution in [2.45, 2.75) is 13.3 Å². The van der Waals surface area contributed by atoms with Crippen LogP contribution in [0.25, 0.3) is 0 Å². The Morgan fingerprint density at radius 1 is 1.25 bits per heavy atom. The summed E-state index contributed by atoms with van der Waals surface area (Å²) >= 11 is 0. The molecule has 0 aliphatic heterocycles. The number of hydrogen-bond acceptors (Lipinski definition) is 0. The van der Waals surface area contributed by atoms with Crippen LogP contribution in [0.4, 0.5) is 0 Å². The summed E-state index contributed by atoms with van der Waals surface area (Å²) in [6.45, 7) is 2.22. The van der Waals surface area contributed by atoms with E-state index in [9.17, 15) is 0 Å². The van der Waals surface area contributed by atoms with Crippen LogP contribution in [0.15, 0.2) is 0 Å². The molecule has 0 radical (unpaired) electrons. The second kappa shape index (κ2) is 11.8. The zero-order valence-electron chi connectivity index (χ0n) is 6.45. The molecule has 9 heteroatoms. The van der Waals surface area contributed by atoms with Gasteiger partial charge in [-0.3, -0.25) is 0 Å². The first-order chi connectivity index (χ1) is 5.81. The van der Waals surface area contributed by atoms with Crippen molar-refractivity contribution >= 4 is 70.2 Å². The minimum atomic E-state index is 0.350. The molecule has 0 spiro atoms. The average Bonchev–Trinajstić information content (AvgIpc) is 2.05. The van der Waals surface area contributed by atoms with Crippen molar-refractivity contribution in [2.24, 2.45) is 0 Å². The maximum absolute atomic E-state index is 4.52. The zero-order valence-corrected chi connectivity index (χ0v) is 14.5. The summed E-state index contributed by atoms with van der Waals surface area (Å²) in [6.07, 6.45) is 1.27. The van der Waals surface area contributed by atoms with Gasteiger partial charge < -0.3 is 0 Å². The van der Waals surface area contributed by atoms with Gasteiger partial charge in [-0.1, -0.05) is 0 Å². The summed E-state index contributed by atoms with van der Waals surface area (Å²) in [5, 5.41) is 0. The van der Waals surface area contributed by atoms with Crippen LogP contribution in [0.3, 0.4) is 0 Å². The molecule has 0 fully saturated rings. The van der Waals surface area contributed by atoms with Crippen LogP contribution < -0.4 is 0 Å². The first kappa shape index (κ1) is 14.8. The Kier molecular flexibility index (Phi) is 14.5. The quantitative estimate of drug-likeness (QED) is 0.468. The monoisotopic (exact) mass is 324 g/mol. The Balaban J connectivity index is 3.89. The van der Waals surface area contributed by atoms with E-state index in [1.54, 1.807) is 0 Å². The van der Waals surface area contributed by atoms with Crippen LogP contribution in [0.5, 0.6) is 0 Å². The zero-order chi connectivity index (χ0) is 9.23. The molecule has 0 N–H and O–H groups in total. The predicted molar refractivity (Wildman–Crippen MR) is 79.3 cm³/mol. The second-order valence-corrected chi connectivity index (χ2v) is 20.2. The Bertz CT molecular complexity index is 295. The van der Waals surface area contributed by atoms with E-state index in [1.165, 1.54) is 57.0 Å². The van der Waals surface area contributed by atoms with Gasteiger partial charge in [0.15, 0.2) is 0 Å². The van der Waals surface area contributed by atoms with Crippen molar-refractivity contribution in [3.8, 4) is 0 Å². The molecule has 0 aromatic rings. The fraction of sp³-hybridized carbons (Fsp3) is 1.00. The van der Waals surface area contributed by atoms with Crippen molar-refractivity contribution in [2.75, 3.05) is 5.75 Å². The molecule has 0 aliphatic carbocycles. The van der Waals surface area contributed by atoms with E-state index in [0.717, 1.165) is 0 Å². The molecule has 0 amide bonds. The molecule has 0 rings (SSSR count). The Labute approximate surface area is 89.0 Å². The van der Waals surface area contributed by atoms with Gasteiger partial charge in [0.2, 0.25) is 0 Å². The van der Waals surface area contributed by atoms with Gasteiger partial charge >= 0.3 is 89.3 Å². The van der Waals surface area contributed by atoms with E-state index in [2.05, 4.69) is 23.3 Å². The molecule has 0 bridgehead atoms. The summed E-state index contributed by atoms with van der Waals surface area (Å²) < 4.78 is 0. The van der Waals surface area contributed by atoms with Crippen LogP contribution in [0.2, 0.25) is 0 Å². The normalized spacial score (nSPS) is 13.5. The van der Waals surface area contributed by atoms with Crippen LogP contribution in [-0.4, -0.2) is 5.75 Å². The van der Waals surface area contributed by atoms with E-state index >= 15 is 0 Å². The van der Waals surface area contributed by atoms with Gasteiger partial charge in [0.05, 0.1) is 0 Å². The Morgan fingerprint density at radius 2 is 1.92 bits per heavy atom. The summed E-state index contributed by atoms with van der Waals surface area (Å²) in [5.41, 5.74) is 0. The molecule has 0 atom stereocenters. The fourth-order valence-electron chi connectivity index (χ4n) is 0.338. The van der Waals surface area contributed by atoms with Crippen molar-refractivity contribution < 1.29 is 0 Å². The summed E-state index contributed by atoms with van der Waals surface area (Å²) in [6, 6.07) is 0. The molecule has 0 nitrogen and oxygen atoms in total. The minimum absolute atomic E-state index is 0.350. The van der Waals surface area contributed by atoms with Gasteiger partial charge in [0.1, 0.15) is 0 Å². The van der Waals surface area contributed by atoms with Crippen molar-refractivity contribution in [3.63, 3.8) is 0 Å². The van der Waals surface area contributed by atoms with Crippen LogP contribution in [0, 0.1) is 0 Å². The van der Waals surface area contributed by atoms with Gasteiger partial charge in [0, 0.05) is 0 Å². The third kappa shape index (κ3) is 10.8. The summed E-state index contributed by atoms with van der Waals surface area (Å²) in [5.74, 6) is 1.28. The first-order valence-electron chi connectivity index (χ1n) is 3.08. The van der Waals surface area contributed by atoms with E-state index < -0.39 is 0 Å². The molecule has 0 aromatic heterocycles. The topological polar surface area (TPSA) is 0 Å². The molecular formula is C3H8P8S. The van der Waals surface area contributed by atoms with Gasteiger partial charge in [0.25, 0.3) is 0 Å². The molecule has 0 heterocycles. The molecule has 0 unspecified atom stereocenters. The molecule has 0 saturated heterocycles. The number of rotatable bonds is 4. The third-order valence-corrected chi connectivity index (χ3v) is 23.1. The molecule has 0 saturated carbocycles. The average molecular weight is 324 g/mol. The van der Waals surface area contributed by atoms with Gasteiger partial charge in [-0.2, -0.15) is 0 Å². The maximum atomic E-state index is 4.52. The van der Waals surface area contributed by atoms with Gasteiger partial charge in [-0.15, -0.1) is 0 Å². The van der Waals surface area contributed by atoms with Crippen LogP contribution >= 0.6 is 61.2 Å². The van der Waals surface area contributed by atoms with E-state index in [1.807, 2.05) is 0 Å². The molecule has 66 valence electrons. The molecule has 0 aliphatic rings. The predicted octanol–water partition coefficient (Wildman–Crippen LogP) is 7.57. The first-order valence-corrected chi connectivity index (χ1v) is 16.4.